The van der Waals surface area contributed by atoms with Gasteiger partial charge < -0.3 is 19.7 Å². The Kier molecular flexibility index (Phi) is 6.02. The van der Waals surface area contributed by atoms with E-state index >= 15 is 0 Å². The molecule has 8 heteroatoms. The average molecular weight is 437 g/mol. The van der Waals surface area contributed by atoms with Crippen LogP contribution in [-0.2, 0) is 11.3 Å². The van der Waals surface area contributed by atoms with Crippen LogP contribution in [-0.4, -0.2) is 31.2 Å². The van der Waals surface area contributed by atoms with Crippen LogP contribution < -0.4 is 15.0 Å². The van der Waals surface area contributed by atoms with E-state index in [0.717, 1.165) is 11.6 Å². The van der Waals surface area contributed by atoms with Crippen molar-refractivity contribution in [3.8, 4) is 5.75 Å². The van der Waals surface area contributed by atoms with Crippen LogP contribution in [0.3, 0.4) is 0 Å². The number of pyridine rings is 1. The van der Waals surface area contributed by atoms with Crippen molar-refractivity contribution in [3.63, 3.8) is 0 Å². The number of halogens is 2. The summed E-state index contributed by atoms with van der Waals surface area (Å²) in [7, 11) is 1.33. The van der Waals surface area contributed by atoms with Gasteiger partial charge in [0, 0.05) is 24.5 Å². The van der Waals surface area contributed by atoms with Gasteiger partial charge in [-0.1, -0.05) is 24.8 Å². The summed E-state index contributed by atoms with van der Waals surface area (Å²) in [6.45, 7) is 5.43. The molecule has 0 bridgehead atoms. The van der Waals surface area contributed by atoms with E-state index in [0.29, 0.717) is 53.8 Å². The topological polar surface area (TPSA) is 63.7 Å². The van der Waals surface area contributed by atoms with Gasteiger partial charge >= 0.3 is 5.97 Å². The third-order valence-electron chi connectivity index (χ3n) is 5.10. The normalized spacial score (nSPS) is 12.5. The van der Waals surface area contributed by atoms with Gasteiger partial charge in [-0.2, -0.15) is 0 Å². The summed E-state index contributed by atoms with van der Waals surface area (Å²) >= 11 is 0. The number of benzene rings is 2. The molecule has 2 heterocycles. The van der Waals surface area contributed by atoms with Gasteiger partial charge in [0.15, 0.2) is 17.5 Å². The lowest BCUT2D eigenvalue weighted by Gasteiger charge is -2.32. The largest absolute Gasteiger partial charge is 0.489 e. The molecule has 0 fully saturated rings. The third kappa shape index (κ3) is 4.39. The van der Waals surface area contributed by atoms with Gasteiger partial charge in [-0.25, -0.2) is 18.6 Å². The minimum absolute atomic E-state index is 0.355. The summed E-state index contributed by atoms with van der Waals surface area (Å²) < 4.78 is 37.5. The summed E-state index contributed by atoms with van der Waals surface area (Å²) in [4.78, 5) is 18.1. The van der Waals surface area contributed by atoms with Crippen molar-refractivity contribution < 1.29 is 23.0 Å². The zero-order valence-corrected chi connectivity index (χ0v) is 17.4. The number of ether oxygens (including phenoxy) is 2. The van der Waals surface area contributed by atoms with Crippen LogP contribution in [0.2, 0.25) is 0 Å². The molecule has 2 aromatic carbocycles. The molecule has 0 saturated heterocycles. The van der Waals surface area contributed by atoms with Crippen LogP contribution in [0.4, 0.5) is 20.3 Å². The highest BCUT2D eigenvalue weighted by Gasteiger charge is 2.23. The number of carbonyl (C=O) groups excluding carboxylic acids is 1. The van der Waals surface area contributed by atoms with E-state index in [1.54, 1.807) is 42.6 Å². The highest BCUT2D eigenvalue weighted by Crippen LogP contribution is 2.39. The van der Waals surface area contributed by atoms with E-state index in [1.807, 2.05) is 4.90 Å². The monoisotopic (exact) mass is 437 g/mol. The fraction of sp³-hybridized carbons (Fsp3) is 0.167. The molecule has 164 valence electrons. The Hall–Kier alpha value is -3.94. The highest BCUT2D eigenvalue weighted by atomic mass is 19.2. The van der Waals surface area contributed by atoms with E-state index in [9.17, 15) is 13.6 Å². The maximum atomic E-state index is 13.7. The molecule has 1 N–H and O–H groups in total. The summed E-state index contributed by atoms with van der Waals surface area (Å²) in [6, 6.07) is 12.4. The lowest BCUT2D eigenvalue weighted by atomic mass is 10.1. The van der Waals surface area contributed by atoms with Gasteiger partial charge in [-0.05, 0) is 35.4 Å². The number of rotatable bonds is 6. The zero-order chi connectivity index (χ0) is 22.7. The third-order valence-corrected chi connectivity index (χ3v) is 5.10. The van der Waals surface area contributed by atoms with Crippen LogP contribution in [0.1, 0.15) is 21.5 Å². The van der Waals surface area contributed by atoms with E-state index in [4.69, 9.17) is 9.47 Å². The van der Waals surface area contributed by atoms with Crippen LogP contribution in [0.5, 0.6) is 5.75 Å². The standard InChI is InChI=1S/C24H21F2N3O3/c1-15(17-4-6-18(7-5-17)24(30)31-2)28-23-22-21(9-10-27-23)32-12-11-29(22)14-16-3-8-19(25)20(26)13-16/h3-10,13H,1,11-12,14H2,2H3,(H,27,28). The van der Waals surface area contributed by atoms with E-state index in [-0.39, 0.29) is 0 Å². The predicted molar refractivity (Wildman–Crippen MR) is 118 cm³/mol. The number of aromatic nitrogens is 1. The molecule has 4 rings (SSSR count). The molecule has 0 aliphatic carbocycles. The van der Waals surface area contributed by atoms with Crippen LogP contribution in [0, 0.1) is 11.6 Å². The van der Waals surface area contributed by atoms with E-state index in [2.05, 4.69) is 16.9 Å². The summed E-state index contributed by atoms with van der Waals surface area (Å²) in [5.74, 6) is -1.03. The van der Waals surface area contributed by atoms with Gasteiger partial charge in [0.25, 0.3) is 0 Å². The van der Waals surface area contributed by atoms with Crippen molar-refractivity contribution in [3.05, 3.63) is 89.6 Å². The number of hydrogen-bond donors (Lipinski definition) is 1. The Morgan fingerprint density at radius 2 is 1.91 bits per heavy atom. The minimum atomic E-state index is -0.885. The van der Waals surface area contributed by atoms with Crippen LogP contribution in [0.15, 0.2) is 61.3 Å². The number of nitrogens with zero attached hydrogens (tertiary/aromatic N) is 2. The second-order valence-corrected chi connectivity index (χ2v) is 7.20. The lowest BCUT2D eigenvalue weighted by Crippen LogP contribution is -2.33. The molecule has 1 aliphatic rings. The molecule has 0 radical (unpaired) electrons. The number of fused-ring (bicyclic) bond motifs is 1. The van der Waals surface area contributed by atoms with Gasteiger partial charge in [0.1, 0.15) is 18.0 Å². The van der Waals surface area contributed by atoms with Crippen molar-refractivity contribution in [2.24, 2.45) is 0 Å². The maximum absolute atomic E-state index is 13.7. The number of anilines is 2. The van der Waals surface area contributed by atoms with Gasteiger partial charge in [0.2, 0.25) is 0 Å². The SMILES string of the molecule is C=C(Nc1nccc2c1N(Cc1ccc(F)c(F)c1)CCO2)c1ccc(C(=O)OC)cc1. The summed E-state index contributed by atoms with van der Waals surface area (Å²) in [6.07, 6.45) is 1.62. The van der Waals surface area contributed by atoms with Crippen molar-refractivity contribution in [2.45, 2.75) is 6.54 Å². The average Bonchev–Trinajstić information content (AvgIpc) is 2.81. The minimum Gasteiger partial charge on any atom is -0.489 e. The van der Waals surface area contributed by atoms with Gasteiger partial charge in [-0.15, -0.1) is 0 Å². The van der Waals surface area contributed by atoms with Crippen LogP contribution in [0.25, 0.3) is 5.70 Å². The second kappa shape index (κ2) is 9.05. The summed E-state index contributed by atoms with van der Waals surface area (Å²) in [5, 5.41) is 3.21. The number of methoxy groups -OCH3 is 1. The van der Waals surface area contributed by atoms with Crippen molar-refractivity contribution in [2.75, 3.05) is 30.5 Å². The number of carbonyl (C=O) groups is 1. The predicted octanol–water partition coefficient (Wildman–Crippen LogP) is 4.63. The molecule has 6 nitrogen and oxygen atoms in total. The second-order valence-electron chi connectivity index (χ2n) is 7.20. The molecule has 0 saturated carbocycles. The Labute approximate surface area is 184 Å². The van der Waals surface area contributed by atoms with Crippen molar-refractivity contribution in [1.29, 1.82) is 0 Å². The molecule has 3 aromatic rings. The molecule has 0 unspecified atom stereocenters. The number of nitrogens with one attached hydrogen (secondary N) is 1. The molecule has 1 aliphatic heterocycles. The van der Waals surface area contributed by atoms with Gasteiger partial charge in [-0.3, -0.25) is 0 Å². The van der Waals surface area contributed by atoms with Crippen molar-refractivity contribution in [1.82, 2.24) is 4.98 Å². The first-order chi connectivity index (χ1) is 15.5. The molecular formula is C24H21F2N3O3. The Morgan fingerprint density at radius 3 is 2.62 bits per heavy atom. The van der Waals surface area contributed by atoms with E-state index in [1.165, 1.54) is 13.2 Å². The lowest BCUT2D eigenvalue weighted by molar-refractivity contribution is 0.0600. The van der Waals surface area contributed by atoms with Crippen molar-refractivity contribution >= 4 is 23.2 Å². The number of esters is 1. The van der Waals surface area contributed by atoms with Crippen LogP contribution >= 0.6 is 0 Å². The Bertz CT molecular complexity index is 1170. The van der Waals surface area contributed by atoms with E-state index < -0.39 is 17.6 Å². The Morgan fingerprint density at radius 1 is 1.16 bits per heavy atom. The van der Waals surface area contributed by atoms with Gasteiger partial charge in [0.05, 0.1) is 19.2 Å². The Balaban J connectivity index is 1.58. The smallest absolute Gasteiger partial charge is 0.337 e. The fourth-order valence-corrected chi connectivity index (χ4v) is 3.48. The molecule has 0 spiro atoms. The maximum Gasteiger partial charge on any atom is 0.337 e. The molecule has 1 aromatic heterocycles. The number of hydrogen-bond acceptors (Lipinski definition) is 6. The molecule has 0 atom stereocenters. The zero-order valence-electron chi connectivity index (χ0n) is 17.4. The quantitative estimate of drug-likeness (QED) is 0.568. The molecular weight excluding hydrogens is 416 g/mol. The summed E-state index contributed by atoms with van der Waals surface area (Å²) in [5.41, 5.74) is 3.10. The highest BCUT2D eigenvalue weighted by molar-refractivity contribution is 5.90. The molecule has 0 amide bonds. The fourth-order valence-electron chi connectivity index (χ4n) is 3.48. The first kappa shape index (κ1) is 21.3. The molecule has 32 heavy (non-hydrogen) atoms. The first-order valence-corrected chi connectivity index (χ1v) is 9.91. The first-order valence-electron chi connectivity index (χ1n) is 9.91.